The van der Waals surface area contributed by atoms with Crippen molar-refractivity contribution < 1.29 is 14.3 Å². The molecule has 1 aliphatic rings. The third-order valence-corrected chi connectivity index (χ3v) is 3.83. The number of halogens is 2. The number of carbonyl (C=O) groups is 1. The molecule has 0 N–H and O–H groups in total. The van der Waals surface area contributed by atoms with Gasteiger partial charge >= 0.3 is 0 Å². The van der Waals surface area contributed by atoms with Crippen LogP contribution in [0.2, 0.25) is 0 Å². The lowest BCUT2D eigenvalue weighted by Gasteiger charge is -2.08. The molecule has 0 unspecified atom stereocenters. The molecule has 0 spiro atoms. The van der Waals surface area contributed by atoms with Gasteiger partial charge in [-0.3, -0.25) is 4.79 Å². The number of carbonyl (C=O) groups excluding carboxylic acids is 1. The Hall–Kier alpha value is -1.01. The molecular formula is C16H14Br2O3. The van der Waals surface area contributed by atoms with Crippen LogP contribution >= 0.6 is 31.9 Å². The van der Waals surface area contributed by atoms with E-state index in [0.29, 0.717) is 18.8 Å². The van der Waals surface area contributed by atoms with Crippen molar-refractivity contribution in [1.29, 1.82) is 0 Å². The molecule has 0 aromatic heterocycles. The zero-order valence-electron chi connectivity index (χ0n) is 11.2. The van der Waals surface area contributed by atoms with Crippen LogP contribution < -0.4 is 0 Å². The van der Waals surface area contributed by atoms with Gasteiger partial charge in [-0.2, -0.15) is 0 Å². The van der Waals surface area contributed by atoms with E-state index in [1.165, 1.54) is 0 Å². The predicted octanol–water partition coefficient (Wildman–Crippen LogP) is 4.76. The monoisotopic (exact) mass is 412 g/mol. The van der Waals surface area contributed by atoms with Crippen molar-refractivity contribution in [3.05, 3.63) is 68.6 Å². The molecule has 5 heteroatoms. The highest BCUT2D eigenvalue weighted by Crippen LogP contribution is 2.24. The van der Waals surface area contributed by atoms with Gasteiger partial charge < -0.3 is 9.47 Å². The van der Waals surface area contributed by atoms with Crippen molar-refractivity contribution in [2.45, 2.75) is 6.29 Å². The fraction of sp³-hybridized carbons (Fsp3) is 0.188. The standard InChI is InChI=1S/C9H9BrO2.C7H5BrO/c10-8-3-1-7(2-4-8)9-11-5-6-12-9;8-7-3-1-6(5-9)2-4-7/h1-4,9H,5-6H2;1-5H. The highest BCUT2D eigenvalue weighted by molar-refractivity contribution is 9.10. The van der Waals surface area contributed by atoms with E-state index in [2.05, 4.69) is 31.9 Å². The Morgan fingerprint density at radius 2 is 1.33 bits per heavy atom. The number of aldehydes is 1. The quantitative estimate of drug-likeness (QED) is 0.666. The van der Waals surface area contributed by atoms with Crippen LogP contribution in [-0.2, 0) is 9.47 Å². The number of hydrogen-bond acceptors (Lipinski definition) is 3. The highest BCUT2D eigenvalue weighted by atomic mass is 79.9. The molecule has 0 atom stereocenters. The lowest BCUT2D eigenvalue weighted by Crippen LogP contribution is -1.96. The van der Waals surface area contributed by atoms with Gasteiger partial charge in [0, 0.05) is 20.1 Å². The molecule has 1 saturated heterocycles. The largest absolute Gasteiger partial charge is 0.346 e. The third kappa shape index (κ3) is 5.36. The van der Waals surface area contributed by atoms with E-state index < -0.39 is 0 Å². The second-order valence-electron chi connectivity index (χ2n) is 4.29. The summed E-state index contributed by atoms with van der Waals surface area (Å²) < 4.78 is 12.7. The molecule has 2 aromatic rings. The van der Waals surface area contributed by atoms with Crippen LogP contribution in [0.4, 0.5) is 0 Å². The minimum absolute atomic E-state index is 0.155. The van der Waals surface area contributed by atoms with Crippen LogP contribution in [0.15, 0.2) is 57.5 Å². The Bertz CT molecular complexity index is 561. The van der Waals surface area contributed by atoms with Crippen molar-refractivity contribution in [1.82, 2.24) is 0 Å². The van der Waals surface area contributed by atoms with Gasteiger partial charge in [0.15, 0.2) is 6.29 Å². The first kappa shape index (κ1) is 16.4. The molecule has 1 aliphatic heterocycles. The van der Waals surface area contributed by atoms with E-state index in [0.717, 1.165) is 20.8 Å². The molecule has 1 heterocycles. The summed E-state index contributed by atoms with van der Waals surface area (Å²) in [6, 6.07) is 15.2. The van der Waals surface area contributed by atoms with E-state index in [4.69, 9.17) is 9.47 Å². The summed E-state index contributed by atoms with van der Waals surface area (Å²) in [5.74, 6) is 0. The zero-order valence-corrected chi connectivity index (χ0v) is 14.3. The number of rotatable bonds is 2. The van der Waals surface area contributed by atoms with Crippen molar-refractivity contribution in [3.8, 4) is 0 Å². The average molecular weight is 414 g/mol. The maximum Gasteiger partial charge on any atom is 0.184 e. The first-order chi connectivity index (χ1) is 10.2. The molecule has 110 valence electrons. The van der Waals surface area contributed by atoms with E-state index in [9.17, 15) is 4.79 Å². The molecule has 0 bridgehead atoms. The van der Waals surface area contributed by atoms with Gasteiger partial charge in [0.1, 0.15) is 6.29 Å². The highest BCUT2D eigenvalue weighted by Gasteiger charge is 2.17. The van der Waals surface area contributed by atoms with E-state index in [-0.39, 0.29) is 6.29 Å². The van der Waals surface area contributed by atoms with Gasteiger partial charge in [-0.25, -0.2) is 0 Å². The maximum absolute atomic E-state index is 10.1. The van der Waals surface area contributed by atoms with Crippen LogP contribution in [-0.4, -0.2) is 19.5 Å². The second-order valence-corrected chi connectivity index (χ2v) is 6.13. The van der Waals surface area contributed by atoms with Crippen molar-refractivity contribution in [2.75, 3.05) is 13.2 Å². The Kier molecular flexibility index (Phi) is 6.57. The van der Waals surface area contributed by atoms with E-state index in [1.807, 2.05) is 36.4 Å². The topological polar surface area (TPSA) is 35.5 Å². The molecule has 2 aromatic carbocycles. The molecule has 3 rings (SSSR count). The van der Waals surface area contributed by atoms with Gasteiger partial charge in [0.05, 0.1) is 13.2 Å². The summed E-state index contributed by atoms with van der Waals surface area (Å²) >= 11 is 6.63. The summed E-state index contributed by atoms with van der Waals surface area (Å²) in [4.78, 5) is 10.1. The summed E-state index contributed by atoms with van der Waals surface area (Å²) in [5.41, 5.74) is 1.79. The molecule has 0 saturated carbocycles. The van der Waals surface area contributed by atoms with Crippen LogP contribution in [0.5, 0.6) is 0 Å². The summed E-state index contributed by atoms with van der Waals surface area (Å²) in [5, 5.41) is 0. The molecular weight excluding hydrogens is 400 g/mol. The molecule has 21 heavy (non-hydrogen) atoms. The zero-order chi connectivity index (χ0) is 15.1. The minimum Gasteiger partial charge on any atom is -0.346 e. The molecule has 1 fully saturated rings. The normalized spacial score (nSPS) is 14.4. The predicted molar refractivity (Wildman–Crippen MR) is 88.3 cm³/mol. The first-order valence-corrected chi connectivity index (χ1v) is 7.97. The Morgan fingerprint density at radius 3 is 1.81 bits per heavy atom. The van der Waals surface area contributed by atoms with Gasteiger partial charge in [0.25, 0.3) is 0 Å². The maximum atomic E-state index is 10.1. The van der Waals surface area contributed by atoms with Crippen molar-refractivity contribution in [2.24, 2.45) is 0 Å². The van der Waals surface area contributed by atoms with E-state index >= 15 is 0 Å². The fourth-order valence-corrected chi connectivity index (χ4v) is 2.24. The number of hydrogen-bond donors (Lipinski definition) is 0. The van der Waals surface area contributed by atoms with Crippen molar-refractivity contribution >= 4 is 38.1 Å². The summed E-state index contributed by atoms with van der Waals surface area (Å²) in [6.45, 7) is 1.39. The third-order valence-electron chi connectivity index (χ3n) is 2.77. The van der Waals surface area contributed by atoms with Gasteiger partial charge in [-0.05, 0) is 24.3 Å². The van der Waals surface area contributed by atoms with Crippen LogP contribution in [0, 0.1) is 0 Å². The molecule has 0 aliphatic carbocycles. The van der Waals surface area contributed by atoms with Gasteiger partial charge in [0.2, 0.25) is 0 Å². The minimum atomic E-state index is -0.155. The Labute approximate surface area is 140 Å². The first-order valence-electron chi connectivity index (χ1n) is 6.38. The van der Waals surface area contributed by atoms with Crippen LogP contribution in [0.3, 0.4) is 0 Å². The van der Waals surface area contributed by atoms with Gasteiger partial charge in [-0.1, -0.05) is 56.1 Å². The lowest BCUT2D eigenvalue weighted by atomic mass is 10.2. The van der Waals surface area contributed by atoms with Crippen LogP contribution in [0.25, 0.3) is 0 Å². The second kappa shape index (κ2) is 8.44. The lowest BCUT2D eigenvalue weighted by molar-refractivity contribution is -0.0441. The SMILES string of the molecule is Brc1ccc(C2OCCO2)cc1.O=Cc1ccc(Br)cc1. The number of ether oxygens (including phenoxy) is 2. The fourth-order valence-electron chi connectivity index (χ4n) is 1.71. The summed E-state index contributed by atoms with van der Waals surface area (Å²) in [6.07, 6.45) is 0.671. The van der Waals surface area contributed by atoms with Gasteiger partial charge in [-0.15, -0.1) is 0 Å². The molecule has 3 nitrogen and oxygen atoms in total. The average Bonchev–Trinajstić information content (AvgIpc) is 3.04. The molecule has 0 radical (unpaired) electrons. The Balaban J connectivity index is 0.000000161. The van der Waals surface area contributed by atoms with E-state index in [1.54, 1.807) is 12.1 Å². The van der Waals surface area contributed by atoms with Crippen molar-refractivity contribution in [3.63, 3.8) is 0 Å². The number of benzene rings is 2. The smallest absolute Gasteiger partial charge is 0.184 e. The Morgan fingerprint density at radius 1 is 0.857 bits per heavy atom. The summed E-state index contributed by atoms with van der Waals surface area (Å²) in [7, 11) is 0. The van der Waals surface area contributed by atoms with Crippen LogP contribution in [0.1, 0.15) is 22.2 Å². The molecule has 0 amide bonds.